The fourth-order valence-corrected chi connectivity index (χ4v) is 5.25. The summed E-state index contributed by atoms with van der Waals surface area (Å²) < 4.78 is 21.7. The second-order valence-electron chi connectivity index (χ2n) is 8.71. The van der Waals surface area contributed by atoms with Crippen LogP contribution in [-0.4, -0.2) is 44.9 Å². The highest BCUT2D eigenvalue weighted by molar-refractivity contribution is 6.30. The molecule has 0 bridgehead atoms. The lowest BCUT2D eigenvalue weighted by Crippen LogP contribution is -2.26. The minimum Gasteiger partial charge on any atom is -0.383 e. The summed E-state index contributed by atoms with van der Waals surface area (Å²) in [5.74, 6) is 2.18. The molecule has 8 heteroatoms. The molecule has 2 aromatic heterocycles. The Morgan fingerprint density at radius 3 is 2.69 bits per heavy atom. The SMILES string of the molecule is COCCN1Cc2cc(Cl)ccc2-n2c(nnc2C2CCC(c3ncccc3F)CC2)C1. The third-order valence-corrected chi connectivity index (χ3v) is 6.91. The highest BCUT2D eigenvalue weighted by atomic mass is 35.5. The molecule has 1 aromatic carbocycles. The molecule has 168 valence electrons. The van der Waals surface area contributed by atoms with Crippen LogP contribution in [0.2, 0.25) is 5.02 Å². The minimum absolute atomic E-state index is 0.162. The van der Waals surface area contributed by atoms with Gasteiger partial charge in [0.25, 0.3) is 0 Å². The van der Waals surface area contributed by atoms with Crippen molar-refractivity contribution in [2.24, 2.45) is 0 Å². The molecule has 0 atom stereocenters. The van der Waals surface area contributed by atoms with E-state index in [0.717, 1.165) is 66.7 Å². The van der Waals surface area contributed by atoms with E-state index >= 15 is 0 Å². The number of aromatic nitrogens is 4. The molecule has 2 aliphatic rings. The number of rotatable bonds is 5. The number of nitrogens with zero attached hydrogens (tertiary/aromatic N) is 5. The van der Waals surface area contributed by atoms with Gasteiger partial charge in [-0.25, -0.2) is 4.39 Å². The van der Waals surface area contributed by atoms with E-state index in [-0.39, 0.29) is 17.7 Å². The number of benzene rings is 1. The standard InChI is InChI=1S/C24H27ClFN5O/c1-32-12-11-30-14-18-13-19(25)8-9-21(18)31-22(15-30)28-29-24(31)17-6-4-16(5-7-17)23-20(26)3-2-10-27-23/h2-3,8-10,13,16-17H,4-7,11-12,14-15H2,1H3. The number of ether oxygens (including phenoxy) is 1. The van der Waals surface area contributed by atoms with Crippen LogP contribution in [0.1, 0.15) is 60.4 Å². The third kappa shape index (κ3) is 4.17. The number of methoxy groups -OCH3 is 1. The smallest absolute Gasteiger partial charge is 0.151 e. The predicted octanol–water partition coefficient (Wildman–Crippen LogP) is 4.86. The van der Waals surface area contributed by atoms with E-state index in [2.05, 4.69) is 30.7 Å². The molecule has 6 nitrogen and oxygen atoms in total. The van der Waals surface area contributed by atoms with Crippen LogP contribution in [-0.2, 0) is 17.8 Å². The molecular formula is C24H27ClFN5O. The lowest BCUT2D eigenvalue weighted by molar-refractivity contribution is 0.139. The van der Waals surface area contributed by atoms with Crippen molar-refractivity contribution in [1.29, 1.82) is 0 Å². The zero-order valence-electron chi connectivity index (χ0n) is 18.2. The minimum atomic E-state index is -0.200. The van der Waals surface area contributed by atoms with Gasteiger partial charge in [0, 0.05) is 43.3 Å². The lowest BCUT2D eigenvalue weighted by atomic mass is 9.79. The molecule has 32 heavy (non-hydrogen) atoms. The van der Waals surface area contributed by atoms with Gasteiger partial charge < -0.3 is 4.74 Å². The van der Waals surface area contributed by atoms with Crippen LogP contribution in [0, 0.1) is 5.82 Å². The molecule has 0 unspecified atom stereocenters. The summed E-state index contributed by atoms with van der Waals surface area (Å²) in [5, 5.41) is 9.96. The van der Waals surface area contributed by atoms with Gasteiger partial charge in [-0.1, -0.05) is 11.6 Å². The average molecular weight is 456 g/mol. The third-order valence-electron chi connectivity index (χ3n) is 6.67. The van der Waals surface area contributed by atoms with Crippen molar-refractivity contribution in [3.8, 4) is 5.69 Å². The molecule has 5 rings (SSSR count). The van der Waals surface area contributed by atoms with E-state index in [1.807, 2.05) is 12.1 Å². The summed E-state index contributed by atoms with van der Waals surface area (Å²) in [5.41, 5.74) is 2.86. The van der Waals surface area contributed by atoms with Crippen molar-refractivity contribution in [3.05, 3.63) is 70.3 Å². The maximum atomic E-state index is 14.2. The van der Waals surface area contributed by atoms with Gasteiger partial charge in [-0.3, -0.25) is 14.5 Å². The van der Waals surface area contributed by atoms with E-state index in [1.54, 1.807) is 19.4 Å². The topological polar surface area (TPSA) is 56.1 Å². The number of pyridine rings is 1. The fourth-order valence-electron chi connectivity index (χ4n) is 5.06. The van der Waals surface area contributed by atoms with Gasteiger partial charge in [-0.15, -0.1) is 10.2 Å². The Hall–Kier alpha value is -2.35. The molecule has 3 aromatic rings. The van der Waals surface area contributed by atoms with Crippen LogP contribution in [0.3, 0.4) is 0 Å². The van der Waals surface area contributed by atoms with Gasteiger partial charge in [-0.2, -0.15) is 0 Å². The van der Waals surface area contributed by atoms with Crippen LogP contribution in [0.15, 0.2) is 36.5 Å². The quantitative estimate of drug-likeness (QED) is 0.550. The summed E-state index contributed by atoms with van der Waals surface area (Å²) in [6.45, 7) is 2.96. The lowest BCUT2D eigenvalue weighted by Gasteiger charge is -2.28. The van der Waals surface area contributed by atoms with Gasteiger partial charge in [-0.05, 0) is 61.6 Å². The highest BCUT2D eigenvalue weighted by Gasteiger charge is 2.32. The van der Waals surface area contributed by atoms with E-state index in [9.17, 15) is 4.39 Å². The molecule has 1 aliphatic heterocycles. The van der Waals surface area contributed by atoms with Crippen molar-refractivity contribution in [1.82, 2.24) is 24.6 Å². The zero-order valence-corrected chi connectivity index (χ0v) is 18.9. The molecule has 1 saturated carbocycles. The number of halogens is 2. The maximum Gasteiger partial charge on any atom is 0.151 e. The molecule has 0 amide bonds. The molecule has 0 saturated heterocycles. The first-order chi connectivity index (χ1) is 15.6. The summed E-state index contributed by atoms with van der Waals surface area (Å²) >= 11 is 6.34. The van der Waals surface area contributed by atoms with Crippen LogP contribution in [0.25, 0.3) is 5.69 Å². The fraction of sp³-hybridized carbons (Fsp3) is 0.458. The van der Waals surface area contributed by atoms with E-state index < -0.39 is 0 Å². The van der Waals surface area contributed by atoms with E-state index in [4.69, 9.17) is 16.3 Å². The summed E-state index contributed by atoms with van der Waals surface area (Å²) in [6, 6.07) is 9.19. The van der Waals surface area contributed by atoms with E-state index in [0.29, 0.717) is 18.8 Å². The van der Waals surface area contributed by atoms with Crippen molar-refractivity contribution in [2.45, 2.75) is 50.6 Å². The molecular weight excluding hydrogens is 429 g/mol. The van der Waals surface area contributed by atoms with Gasteiger partial charge in [0.1, 0.15) is 11.6 Å². The largest absolute Gasteiger partial charge is 0.383 e. The molecule has 1 fully saturated rings. The maximum absolute atomic E-state index is 14.2. The van der Waals surface area contributed by atoms with Gasteiger partial charge in [0.2, 0.25) is 0 Å². The zero-order chi connectivity index (χ0) is 22.1. The molecule has 0 spiro atoms. The monoisotopic (exact) mass is 455 g/mol. The summed E-state index contributed by atoms with van der Waals surface area (Å²) in [6.07, 6.45) is 5.35. The number of hydrogen-bond acceptors (Lipinski definition) is 5. The van der Waals surface area contributed by atoms with Crippen molar-refractivity contribution >= 4 is 11.6 Å². The van der Waals surface area contributed by atoms with Gasteiger partial charge in [0.15, 0.2) is 5.82 Å². The predicted molar refractivity (Wildman–Crippen MR) is 121 cm³/mol. The Kier molecular flexibility index (Phi) is 6.22. The van der Waals surface area contributed by atoms with Crippen molar-refractivity contribution < 1.29 is 9.13 Å². The average Bonchev–Trinajstić information content (AvgIpc) is 3.14. The van der Waals surface area contributed by atoms with E-state index in [1.165, 1.54) is 6.07 Å². The molecule has 3 heterocycles. The molecule has 0 radical (unpaired) electrons. The van der Waals surface area contributed by atoms with Crippen LogP contribution >= 0.6 is 11.6 Å². The summed E-state index contributed by atoms with van der Waals surface area (Å²) in [7, 11) is 1.72. The Balaban J connectivity index is 1.43. The first-order valence-corrected chi connectivity index (χ1v) is 11.6. The van der Waals surface area contributed by atoms with Crippen LogP contribution in [0.4, 0.5) is 4.39 Å². The second kappa shape index (κ2) is 9.25. The summed E-state index contributed by atoms with van der Waals surface area (Å²) in [4.78, 5) is 6.62. The van der Waals surface area contributed by atoms with Crippen molar-refractivity contribution in [2.75, 3.05) is 20.3 Å². The number of hydrogen-bond donors (Lipinski definition) is 0. The highest BCUT2D eigenvalue weighted by Crippen LogP contribution is 2.41. The second-order valence-corrected chi connectivity index (χ2v) is 9.14. The molecule has 1 aliphatic carbocycles. The van der Waals surface area contributed by atoms with Crippen LogP contribution < -0.4 is 0 Å². The van der Waals surface area contributed by atoms with Gasteiger partial charge >= 0.3 is 0 Å². The first-order valence-electron chi connectivity index (χ1n) is 11.2. The normalized spacial score (nSPS) is 21.1. The Labute approximate surface area is 192 Å². The van der Waals surface area contributed by atoms with Crippen LogP contribution in [0.5, 0.6) is 0 Å². The molecule has 0 N–H and O–H groups in total. The Morgan fingerprint density at radius 2 is 1.91 bits per heavy atom. The van der Waals surface area contributed by atoms with Gasteiger partial charge in [0.05, 0.1) is 24.5 Å². The number of fused-ring (bicyclic) bond motifs is 3. The Morgan fingerprint density at radius 1 is 1.09 bits per heavy atom. The first kappa shape index (κ1) is 21.5. The Bertz CT molecular complexity index is 1100. The van der Waals surface area contributed by atoms with Crippen molar-refractivity contribution in [3.63, 3.8) is 0 Å².